The largest absolute Gasteiger partial charge is 0.322 e. The molecule has 0 atom stereocenters. The third-order valence-electron chi connectivity index (χ3n) is 4.04. The van der Waals surface area contributed by atoms with Crippen LogP contribution in [0.3, 0.4) is 0 Å². The standard InChI is InChI=1S/C19H24N2O3S/c1-4-21(5-2)14-15-9-11-16(12-10-15)19(22)20-17-7-6-8-18(13-17)25(3,23)24/h6-13H,4-5,14H2,1-3H3,(H,20,22). The summed E-state index contributed by atoms with van der Waals surface area (Å²) in [4.78, 5) is 14.8. The molecule has 0 fully saturated rings. The molecule has 5 nitrogen and oxygen atoms in total. The summed E-state index contributed by atoms with van der Waals surface area (Å²) in [5.74, 6) is -0.264. The number of carbonyl (C=O) groups excluding carboxylic acids is 1. The molecule has 0 spiro atoms. The molecule has 0 aliphatic heterocycles. The number of nitrogens with zero attached hydrogens (tertiary/aromatic N) is 1. The van der Waals surface area contributed by atoms with Gasteiger partial charge >= 0.3 is 0 Å². The SMILES string of the molecule is CCN(CC)Cc1ccc(C(=O)Nc2cccc(S(C)(=O)=O)c2)cc1. The lowest BCUT2D eigenvalue weighted by Crippen LogP contribution is -2.22. The topological polar surface area (TPSA) is 66.5 Å². The van der Waals surface area contributed by atoms with E-state index in [1.54, 1.807) is 24.3 Å². The Morgan fingerprint density at radius 2 is 1.68 bits per heavy atom. The van der Waals surface area contributed by atoms with Gasteiger partial charge in [-0.2, -0.15) is 0 Å². The molecule has 1 amide bonds. The van der Waals surface area contributed by atoms with Gasteiger partial charge in [-0.05, 0) is 49.0 Å². The van der Waals surface area contributed by atoms with Gasteiger partial charge in [0, 0.05) is 24.1 Å². The number of hydrogen-bond acceptors (Lipinski definition) is 4. The van der Waals surface area contributed by atoms with Gasteiger partial charge in [0.05, 0.1) is 4.90 Å². The Bertz CT molecular complexity index is 826. The number of nitrogens with one attached hydrogen (secondary N) is 1. The smallest absolute Gasteiger partial charge is 0.255 e. The van der Waals surface area contributed by atoms with Gasteiger partial charge < -0.3 is 5.32 Å². The first-order valence-corrected chi connectivity index (χ1v) is 10.2. The predicted octanol–water partition coefficient (Wildman–Crippen LogP) is 3.18. The minimum absolute atomic E-state index is 0.180. The molecule has 0 bridgehead atoms. The summed E-state index contributed by atoms with van der Waals surface area (Å²) in [6, 6.07) is 13.7. The number of hydrogen-bond donors (Lipinski definition) is 1. The molecular formula is C19H24N2O3S. The monoisotopic (exact) mass is 360 g/mol. The number of benzene rings is 2. The maximum Gasteiger partial charge on any atom is 0.255 e. The molecule has 0 aliphatic rings. The van der Waals surface area contributed by atoms with Crippen LogP contribution >= 0.6 is 0 Å². The van der Waals surface area contributed by atoms with E-state index in [0.717, 1.165) is 31.5 Å². The summed E-state index contributed by atoms with van der Waals surface area (Å²) < 4.78 is 23.2. The molecular weight excluding hydrogens is 336 g/mol. The third kappa shape index (κ3) is 5.41. The molecule has 0 heterocycles. The van der Waals surface area contributed by atoms with Crippen LogP contribution in [0.15, 0.2) is 53.4 Å². The van der Waals surface area contributed by atoms with Crippen molar-refractivity contribution < 1.29 is 13.2 Å². The van der Waals surface area contributed by atoms with Gasteiger partial charge in [-0.3, -0.25) is 9.69 Å². The highest BCUT2D eigenvalue weighted by molar-refractivity contribution is 7.90. The quantitative estimate of drug-likeness (QED) is 0.823. The minimum Gasteiger partial charge on any atom is -0.322 e. The Labute approximate surface area is 149 Å². The highest BCUT2D eigenvalue weighted by Gasteiger charge is 2.10. The van der Waals surface area contributed by atoms with E-state index in [1.807, 2.05) is 12.1 Å². The van der Waals surface area contributed by atoms with Gasteiger partial charge in [0.2, 0.25) is 0 Å². The lowest BCUT2D eigenvalue weighted by Gasteiger charge is -2.18. The van der Waals surface area contributed by atoms with Crippen LogP contribution in [0, 0.1) is 0 Å². The lowest BCUT2D eigenvalue weighted by atomic mass is 10.1. The van der Waals surface area contributed by atoms with Gasteiger partial charge in [-0.1, -0.05) is 32.0 Å². The number of rotatable bonds is 7. The van der Waals surface area contributed by atoms with Crippen LogP contribution in [0.5, 0.6) is 0 Å². The van der Waals surface area contributed by atoms with E-state index >= 15 is 0 Å². The van der Waals surface area contributed by atoms with Crippen molar-refractivity contribution in [1.29, 1.82) is 0 Å². The maximum absolute atomic E-state index is 12.3. The van der Waals surface area contributed by atoms with Gasteiger partial charge in [0.1, 0.15) is 0 Å². The number of anilines is 1. The van der Waals surface area contributed by atoms with Crippen molar-refractivity contribution in [3.63, 3.8) is 0 Å². The molecule has 2 aromatic rings. The first-order valence-electron chi connectivity index (χ1n) is 8.26. The average Bonchev–Trinajstić information content (AvgIpc) is 2.59. The van der Waals surface area contributed by atoms with Gasteiger partial charge in [0.15, 0.2) is 9.84 Å². The van der Waals surface area contributed by atoms with Crippen LogP contribution in [0.1, 0.15) is 29.8 Å². The Hall–Kier alpha value is -2.18. The molecule has 0 aromatic heterocycles. The Kier molecular flexibility index (Phi) is 6.33. The fourth-order valence-corrected chi connectivity index (χ4v) is 3.14. The molecule has 2 aromatic carbocycles. The van der Waals surface area contributed by atoms with Crippen LogP contribution < -0.4 is 5.32 Å². The summed E-state index contributed by atoms with van der Waals surface area (Å²) in [5, 5.41) is 2.74. The molecule has 6 heteroatoms. The summed E-state index contributed by atoms with van der Waals surface area (Å²) in [5.41, 5.74) is 2.15. The van der Waals surface area contributed by atoms with Crippen LogP contribution in [0.25, 0.3) is 0 Å². The Balaban J connectivity index is 2.09. The number of amides is 1. The second-order valence-electron chi connectivity index (χ2n) is 5.91. The fourth-order valence-electron chi connectivity index (χ4n) is 2.47. The van der Waals surface area contributed by atoms with E-state index in [4.69, 9.17) is 0 Å². The molecule has 0 unspecified atom stereocenters. The summed E-state index contributed by atoms with van der Waals surface area (Å²) in [6.45, 7) is 7.06. The minimum atomic E-state index is -3.30. The second-order valence-corrected chi connectivity index (χ2v) is 7.93. The van der Waals surface area contributed by atoms with E-state index in [1.165, 1.54) is 12.1 Å². The molecule has 0 radical (unpaired) electrons. The van der Waals surface area contributed by atoms with E-state index in [9.17, 15) is 13.2 Å². The molecule has 0 saturated carbocycles. The van der Waals surface area contributed by atoms with Crippen molar-refractivity contribution in [1.82, 2.24) is 4.90 Å². The molecule has 134 valence electrons. The molecule has 1 N–H and O–H groups in total. The van der Waals surface area contributed by atoms with Crippen LogP contribution in [-0.2, 0) is 16.4 Å². The molecule has 2 rings (SSSR count). The van der Waals surface area contributed by atoms with Gasteiger partial charge in [0.25, 0.3) is 5.91 Å². The Morgan fingerprint density at radius 1 is 1.04 bits per heavy atom. The van der Waals surface area contributed by atoms with Crippen molar-refractivity contribution in [3.05, 3.63) is 59.7 Å². The highest BCUT2D eigenvalue weighted by atomic mass is 32.2. The first-order chi connectivity index (χ1) is 11.8. The van der Waals surface area contributed by atoms with E-state index in [0.29, 0.717) is 11.3 Å². The van der Waals surface area contributed by atoms with Crippen molar-refractivity contribution >= 4 is 21.4 Å². The van der Waals surface area contributed by atoms with Crippen molar-refractivity contribution in [2.45, 2.75) is 25.3 Å². The molecule has 25 heavy (non-hydrogen) atoms. The second kappa shape index (κ2) is 8.27. The van der Waals surface area contributed by atoms with E-state index in [-0.39, 0.29) is 10.8 Å². The highest BCUT2D eigenvalue weighted by Crippen LogP contribution is 2.16. The zero-order valence-electron chi connectivity index (χ0n) is 14.8. The average molecular weight is 360 g/mol. The van der Waals surface area contributed by atoms with Crippen LogP contribution in [0.4, 0.5) is 5.69 Å². The van der Waals surface area contributed by atoms with Gasteiger partial charge in [-0.15, -0.1) is 0 Å². The lowest BCUT2D eigenvalue weighted by molar-refractivity contribution is 0.102. The van der Waals surface area contributed by atoms with Gasteiger partial charge in [-0.25, -0.2) is 8.42 Å². The molecule has 0 aliphatic carbocycles. The summed E-state index contributed by atoms with van der Waals surface area (Å²) >= 11 is 0. The molecule has 0 saturated heterocycles. The van der Waals surface area contributed by atoms with Crippen molar-refractivity contribution in [2.75, 3.05) is 24.7 Å². The van der Waals surface area contributed by atoms with Crippen LogP contribution in [0.2, 0.25) is 0 Å². The summed E-state index contributed by atoms with van der Waals surface area (Å²) in [6.07, 6.45) is 1.14. The normalized spacial score (nSPS) is 11.5. The van der Waals surface area contributed by atoms with E-state index in [2.05, 4.69) is 24.1 Å². The zero-order chi connectivity index (χ0) is 18.4. The maximum atomic E-state index is 12.3. The van der Waals surface area contributed by atoms with Crippen molar-refractivity contribution in [3.8, 4) is 0 Å². The number of carbonyl (C=O) groups is 1. The summed E-state index contributed by atoms with van der Waals surface area (Å²) in [7, 11) is -3.30. The number of sulfone groups is 1. The zero-order valence-corrected chi connectivity index (χ0v) is 15.6. The van der Waals surface area contributed by atoms with Crippen molar-refractivity contribution in [2.24, 2.45) is 0 Å². The first kappa shape index (κ1) is 19.1. The third-order valence-corrected chi connectivity index (χ3v) is 5.15. The van der Waals surface area contributed by atoms with E-state index < -0.39 is 9.84 Å². The Morgan fingerprint density at radius 3 is 2.24 bits per heavy atom. The van der Waals surface area contributed by atoms with Crippen LogP contribution in [-0.4, -0.2) is 38.6 Å². The fraction of sp³-hybridized carbons (Fsp3) is 0.316. The predicted molar refractivity (Wildman–Crippen MR) is 101 cm³/mol.